The van der Waals surface area contributed by atoms with Crippen molar-refractivity contribution in [2.24, 2.45) is 7.05 Å². The predicted octanol–water partition coefficient (Wildman–Crippen LogP) is 1.69. The largest absolute Gasteiger partial charge is 0.317 e. The standard InChI is InChI=1S/C14H26N4/c1-11-12(10-18(4)16-11)9-17(3)14-7-5-13(15-2)6-8-14/h10,13-15H,5-9H2,1-4H3. The molecule has 0 atom stereocenters. The van der Waals surface area contributed by atoms with Crippen LogP contribution in [-0.2, 0) is 13.6 Å². The Morgan fingerprint density at radius 2 is 2.06 bits per heavy atom. The minimum absolute atomic E-state index is 0.731. The smallest absolute Gasteiger partial charge is 0.0638 e. The second-order valence-electron chi connectivity index (χ2n) is 5.62. The molecule has 1 fully saturated rings. The van der Waals surface area contributed by atoms with E-state index < -0.39 is 0 Å². The van der Waals surface area contributed by atoms with E-state index in [-0.39, 0.29) is 0 Å². The van der Waals surface area contributed by atoms with Crippen molar-refractivity contribution in [1.29, 1.82) is 0 Å². The molecule has 2 rings (SSSR count). The van der Waals surface area contributed by atoms with E-state index in [4.69, 9.17) is 0 Å². The summed E-state index contributed by atoms with van der Waals surface area (Å²) >= 11 is 0. The van der Waals surface area contributed by atoms with Gasteiger partial charge in [-0.3, -0.25) is 9.58 Å². The summed E-state index contributed by atoms with van der Waals surface area (Å²) in [5, 5.41) is 7.81. The number of nitrogens with one attached hydrogen (secondary N) is 1. The van der Waals surface area contributed by atoms with Crippen LogP contribution < -0.4 is 5.32 Å². The first-order valence-corrected chi connectivity index (χ1v) is 6.96. The number of aryl methyl sites for hydroxylation is 2. The van der Waals surface area contributed by atoms with Crippen molar-refractivity contribution in [2.75, 3.05) is 14.1 Å². The molecular formula is C14H26N4. The highest BCUT2D eigenvalue weighted by atomic mass is 15.3. The van der Waals surface area contributed by atoms with Gasteiger partial charge in [0.1, 0.15) is 0 Å². The Labute approximate surface area is 110 Å². The van der Waals surface area contributed by atoms with Crippen LogP contribution >= 0.6 is 0 Å². The number of aromatic nitrogens is 2. The fraction of sp³-hybridized carbons (Fsp3) is 0.786. The van der Waals surface area contributed by atoms with Gasteiger partial charge in [-0.2, -0.15) is 5.10 Å². The van der Waals surface area contributed by atoms with E-state index >= 15 is 0 Å². The van der Waals surface area contributed by atoms with Gasteiger partial charge in [0, 0.05) is 37.4 Å². The molecule has 1 aromatic rings. The molecule has 4 nitrogen and oxygen atoms in total. The Balaban J connectivity index is 1.89. The summed E-state index contributed by atoms with van der Waals surface area (Å²) in [6.45, 7) is 3.12. The molecule has 0 unspecified atom stereocenters. The van der Waals surface area contributed by atoms with Gasteiger partial charge in [-0.1, -0.05) is 0 Å². The topological polar surface area (TPSA) is 33.1 Å². The maximum absolute atomic E-state index is 4.41. The van der Waals surface area contributed by atoms with Gasteiger partial charge in [-0.25, -0.2) is 0 Å². The van der Waals surface area contributed by atoms with Crippen LogP contribution in [0.3, 0.4) is 0 Å². The zero-order valence-corrected chi connectivity index (χ0v) is 12.1. The molecule has 1 heterocycles. The number of hydrogen-bond donors (Lipinski definition) is 1. The molecule has 1 saturated carbocycles. The third-order valence-corrected chi connectivity index (χ3v) is 4.26. The van der Waals surface area contributed by atoms with Crippen LogP contribution in [0.4, 0.5) is 0 Å². The SMILES string of the molecule is CNC1CCC(N(C)Cc2cn(C)nc2C)CC1. The van der Waals surface area contributed by atoms with Crippen molar-refractivity contribution in [1.82, 2.24) is 20.0 Å². The summed E-state index contributed by atoms with van der Waals surface area (Å²) in [5.74, 6) is 0. The van der Waals surface area contributed by atoms with E-state index in [0.717, 1.165) is 24.3 Å². The fourth-order valence-electron chi connectivity index (χ4n) is 3.01. The minimum Gasteiger partial charge on any atom is -0.317 e. The monoisotopic (exact) mass is 250 g/mol. The molecule has 1 aromatic heterocycles. The highest BCUT2D eigenvalue weighted by molar-refractivity contribution is 5.15. The summed E-state index contributed by atoms with van der Waals surface area (Å²) in [4.78, 5) is 2.50. The van der Waals surface area contributed by atoms with Crippen LogP contribution in [0.2, 0.25) is 0 Å². The van der Waals surface area contributed by atoms with Crippen molar-refractivity contribution in [3.63, 3.8) is 0 Å². The van der Waals surface area contributed by atoms with Gasteiger partial charge < -0.3 is 5.32 Å². The Hall–Kier alpha value is -0.870. The molecule has 1 N–H and O–H groups in total. The van der Waals surface area contributed by atoms with Crippen LogP contribution in [0.25, 0.3) is 0 Å². The van der Waals surface area contributed by atoms with Crippen molar-refractivity contribution >= 4 is 0 Å². The molecule has 0 spiro atoms. The van der Waals surface area contributed by atoms with E-state index in [2.05, 4.69) is 42.5 Å². The lowest BCUT2D eigenvalue weighted by atomic mass is 9.90. The zero-order chi connectivity index (χ0) is 13.1. The molecule has 0 radical (unpaired) electrons. The lowest BCUT2D eigenvalue weighted by molar-refractivity contribution is 0.169. The zero-order valence-electron chi connectivity index (χ0n) is 12.1. The first kappa shape index (κ1) is 13.6. The Bertz CT molecular complexity index is 377. The van der Waals surface area contributed by atoms with Gasteiger partial charge in [0.05, 0.1) is 5.69 Å². The summed E-state index contributed by atoms with van der Waals surface area (Å²) in [7, 11) is 6.32. The molecule has 4 heteroatoms. The lowest BCUT2D eigenvalue weighted by Gasteiger charge is -2.34. The van der Waals surface area contributed by atoms with Crippen LogP contribution in [0.1, 0.15) is 36.9 Å². The van der Waals surface area contributed by atoms with Gasteiger partial charge in [0.25, 0.3) is 0 Å². The van der Waals surface area contributed by atoms with Gasteiger partial charge >= 0.3 is 0 Å². The summed E-state index contributed by atoms with van der Waals surface area (Å²) in [5.41, 5.74) is 2.52. The van der Waals surface area contributed by atoms with E-state index in [0.29, 0.717) is 0 Å². The lowest BCUT2D eigenvalue weighted by Crippen LogP contribution is -2.39. The molecule has 0 aromatic carbocycles. The second-order valence-corrected chi connectivity index (χ2v) is 5.62. The third kappa shape index (κ3) is 3.12. The highest BCUT2D eigenvalue weighted by Gasteiger charge is 2.23. The Morgan fingerprint density at radius 1 is 1.39 bits per heavy atom. The van der Waals surface area contributed by atoms with Crippen molar-refractivity contribution < 1.29 is 0 Å². The fourth-order valence-corrected chi connectivity index (χ4v) is 3.01. The number of nitrogens with zero attached hydrogens (tertiary/aromatic N) is 3. The molecule has 1 aliphatic carbocycles. The molecule has 102 valence electrons. The van der Waals surface area contributed by atoms with Crippen molar-refractivity contribution in [3.8, 4) is 0 Å². The summed E-state index contributed by atoms with van der Waals surface area (Å²) in [6, 6.07) is 1.46. The first-order chi connectivity index (χ1) is 8.60. The number of rotatable bonds is 4. The second kappa shape index (κ2) is 5.85. The average molecular weight is 250 g/mol. The van der Waals surface area contributed by atoms with Crippen LogP contribution in [0, 0.1) is 6.92 Å². The van der Waals surface area contributed by atoms with Crippen molar-refractivity contribution in [2.45, 2.75) is 51.2 Å². The Morgan fingerprint density at radius 3 is 2.56 bits per heavy atom. The minimum atomic E-state index is 0.731. The predicted molar refractivity (Wildman–Crippen MR) is 74.5 cm³/mol. The third-order valence-electron chi connectivity index (χ3n) is 4.26. The maximum atomic E-state index is 4.41. The van der Waals surface area contributed by atoms with E-state index in [1.807, 2.05) is 11.7 Å². The van der Waals surface area contributed by atoms with Crippen LogP contribution in [-0.4, -0.2) is 40.9 Å². The van der Waals surface area contributed by atoms with Crippen LogP contribution in [0.5, 0.6) is 0 Å². The van der Waals surface area contributed by atoms with Crippen LogP contribution in [0.15, 0.2) is 6.20 Å². The van der Waals surface area contributed by atoms with E-state index in [1.165, 1.54) is 31.2 Å². The first-order valence-electron chi connectivity index (χ1n) is 6.96. The highest BCUT2D eigenvalue weighted by Crippen LogP contribution is 2.23. The van der Waals surface area contributed by atoms with Gasteiger partial charge in [-0.15, -0.1) is 0 Å². The normalized spacial score (nSPS) is 24.7. The molecule has 0 bridgehead atoms. The summed E-state index contributed by atoms with van der Waals surface area (Å²) < 4.78 is 1.91. The van der Waals surface area contributed by atoms with Crippen molar-refractivity contribution in [3.05, 3.63) is 17.5 Å². The molecule has 0 aliphatic heterocycles. The molecule has 0 saturated heterocycles. The number of hydrogen-bond acceptors (Lipinski definition) is 3. The molecule has 0 amide bonds. The summed E-state index contributed by atoms with van der Waals surface area (Å²) in [6.07, 6.45) is 7.36. The Kier molecular flexibility index (Phi) is 4.40. The van der Waals surface area contributed by atoms with Gasteiger partial charge in [0.2, 0.25) is 0 Å². The van der Waals surface area contributed by atoms with E-state index in [9.17, 15) is 0 Å². The van der Waals surface area contributed by atoms with Gasteiger partial charge in [0.15, 0.2) is 0 Å². The van der Waals surface area contributed by atoms with E-state index in [1.54, 1.807) is 0 Å². The molecule has 18 heavy (non-hydrogen) atoms. The molecule has 1 aliphatic rings. The van der Waals surface area contributed by atoms with Gasteiger partial charge in [-0.05, 0) is 46.7 Å². The molecular weight excluding hydrogens is 224 g/mol. The quantitative estimate of drug-likeness (QED) is 0.883. The maximum Gasteiger partial charge on any atom is 0.0638 e. The average Bonchev–Trinajstić information content (AvgIpc) is 2.68.